The van der Waals surface area contributed by atoms with Crippen LogP contribution in [-0.2, 0) is 26.0 Å². The molecule has 11 N–H and O–H groups in total. The first-order valence-corrected chi connectivity index (χ1v) is 26.2. The first kappa shape index (κ1) is 74.4. The van der Waals surface area contributed by atoms with Gasteiger partial charge in [0.25, 0.3) is 5.91 Å². The second kappa shape index (κ2) is 36.2. The Morgan fingerprint density at radius 1 is 0.654 bits per heavy atom. The Balaban J connectivity index is 0.000000895. The summed E-state index contributed by atoms with van der Waals surface area (Å²) in [6, 6.07) is 8.34. The molecule has 0 fully saturated rings. The molecule has 0 heterocycles. The molecule has 78 heavy (non-hydrogen) atoms. The smallest absolute Gasteiger partial charge is 0.480 e. The van der Waals surface area contributed by atoms with Crippen molar-refractivity contribution < 1.29 is 63.5 Å². The quantitative estimate of drug-likeness (QED) is 0.0230. The highest BCUT2D eigenvalue weighted by Crippen LogP contribution is 2.17. The molecule has 0 aliphatic carbocycles. The summed E-state index contributed by atoms with van der Waals surface area (Å²) in [5, 5.41) is 82.3. The van der Waals surface area contributed by atoms with Crippen LogP contribution in [-0.4, -0.2) is 355 Å². The standard InChI is InChI=1S/C30H45BN4O13S.B29/c1-32-22(30(43)44)5-3-4-14-33-28(41)19-8-6-18(7-9-19)15-23(34-49(47,48)21-12-10-20(11-13-21)31(45)46)29(42)35(2)16-24(37)26(39)27(40)25(38)17-36;1-16-24(17(2)3)28(25(18(4)5)19(6)7)29(26(20(8)9)21(10)11)27(22(12)13)23(14)15/h6-13,22-27,32,34,36-40,45-46H,3-5,14-17H2,1-2H3,(H,33,41)(H,43,44);/t22-,23-,24+,25-,26-,27-;/m0./s1. The lowest BCUT2D eigenvalue weighted by atomic mass is 8.32. The molecule has 2 rings (SSSR count). The van der Waals surface area contributed by atoms with Gasteiger partial charge in [0.15, 0.2) is 0 Å². The number of rotatable bonds is 34. The number of sulfonamides is 1. The van der Waals surface area contributed by atoms with Crippen molar-refractivity contribution in [3.63, 3.8) is 0 Å². The van der Waals surface area contributed by atoms with E-state index in [2.05, 4.69) is 15.4 Å². The minimum atomic E-state index is -4.40. The van der Waals surface area contributed by atoms with E-state index in [0.717, 1.165) is 17.0 Å². The molecule has 2 amide bonds. The predicted octanol–water partition coefficient (Wildman–Crippen LogP) is -15.3. The van der Waals surface area contributed by atoms with Crippen LogP contribution in [0, 0.1) is 0 Å². The van der Waals surface area contributed by atoms with Crippen molar-refractivity contribution in [1.82, 2.24) is 20.3 Å². The van der Waals surface area contributed by atoms with Gasteiger partial charge < -0.3 is 56.2 Å². The second-order valence-corrected chi connectivity index (χ2v) is 20.9. The molecule has 0 bridgehead atoms. The van der Waals surface area contributed by atoms with Crippen LogP contribution in [0.4, 0.5) is 0 Å². The number of carboxylic acids is 1. The number of unbranched alkanes of at least 4 members (excludes halogenated alkanes) is 1. The summed E-state index contributed by atoms with van der Waals surface area (Å²) in [6.07, 6.45) is -18.1. The zero-order chi connectivity index (χ0) is 60.1. The maximum absolute atomic E-state index is 13.6. The van der Waals surface area contributed by atoms with E-state index in [1.165, 1.54) is 50.5 Å². The third-order valence-electron chi connectivity index (χ3n) is 13.3. The fourth-order valence-corrected chi connectivity index (χ4v) is 10.3. The molecule has 0 aromatic heterocycles. The summed E-state index contributed by atoms with van der Waals surface area (Å²) in [4.78, 5) is 37.9. The first-order chi connectivity index (χ1) is 36.2. The van der Waals surface area contributed by atoms with Crippen molar-refractivity contribution in [1.29, 1.82) is 0 Å². The molecule has 0 aliphatic rings. The number of nitrogens with one attached hydrogen (secondary N) is 3. The number of benzene rings is 2. The number of aliphatic hydroxyl groups excluding tert-OH is 5. The molecule has 0 aliphatic heterocycles. The maximum Gasteiger partial charge on any atom is 0.488 e. The molecular weight excluding hydrogens is 981 g/mol. The molecule has 48 heteroatoms. The van der Waals surface area contributed by atoms with Gasteiger partial charge in [0, 0.05) is 232 Å². The molecule has 0 unspecified atom stereocenters. The van der Waals surface area contributed by atoms with Crippen LogP contribution in [0.25, 0.3) is 0 Å². The topological polar surface area (TPSA) is 287 Å². The Labute approximate surface area is 487 Å². The number of carbonyl (C=O) groups excluding carboxylic acids is 2. The van der Waals surface area contributed by atoms with E-state index in [-0.39, 0.29) is 22.3 Å². The summed E-state index contributed by atoms with van der Waals surface area (Å²) >= 11 is 0. The number of hydrogen-bond donors (Lipinski definition) is 11. The summed E-state index contributed by atoms with van der Waals surface area (Å²) < 4.78 is 28.9. The van der Waals surface area contributed by atoms with Gasteiger partial charge in [-0.3, -0.25) is 14.4 Å². The first-order valence-electron chi connectivity index (χ1n) is 24.7. The van der Waals surface area contributed by atoms with Crippen molar-refractivity contribution in [3.05, 3.63) is 59.7 Å². The predicted molar refractivity (Wildman–Crippen MR) is 343 cm³/mol. The lowest BCUT2D eigenvalue weighted by Crippen LogP contribution is -2.87. The van der Waals surface area contributed by atoms with Crippen molar-refractivity contribution >= 4 is 247 Å². The van der Waals surface area contributed by atoms with Gasteiger partial charge in [0.05, 0.1) is 11.5 Å². The molecule has 359 valence electrons. The van der Waals surface area contributed by atoms with E-state index in [1.54, 1.807) is 7.05 Å². The Morgan fingerprint density at radius 3 is 1.51 bits per heavy atom. The Hall–Kier alpha value is -1.61. The van der Waals surface area contributed by atoms with Crippen LogP contribution in [0.5, 0.6) is 0 Å². The summed E-state index contributed by atoms with van der Waals surface area (Å²) in [5.41, 5.74) is 0.727. The highest BCUT2D eigenvalue weighted by Gasteiger charge is 2.51. The third kappa shape index (κ3) is 23.2. The summed E-state index contributed by atoms with van der Waals surface area (Å²) in [5.74, 6) is -2.22. The zero-order valence-electron chi connectivity index (χ0n) is 43.8. The highest BCUT2D eigenvalue weighted by molar-refractivity contribution is 8.27. The fourth-order valence-electron chi connectivity index (χ4n) is 9.12. The van der Waals surface area contributed by atoms with Gasteiger partial charge in [0.1, 0.15) is 36.5 Å². The van der Waals surface area contributed by atoms with Crippen LogP contribution in [0.3, 0.4) is 0 Å². The Kier molecular flexibility index (Phi) is 34.5. The number of hydrogen-bond acceptors (Lipinski definition) is 13. The molecule has 17 nitrogen and oxygen atoms in total. The lowest BCUT2D eigenvalue weighted by molar-refractivity contribution is -0.140. The minimum absolute atomic E-state index is 0.0251. The Morgan fingerprint density at radius 2 is 1.12 bits per heavy atom. The van der Waals surface area contributed by atoms with Crippen LogP contribution < -0.4 is 20.8 Å². The fraction of sp³-hybridized carbons (Fsp3) is 0.500. The minimum Gasteiger partial charge on any atom is -0.480 e. The van der Waals surface area contributed by atoms with Gasteiger partial charge in [-0.25, -0.2) is 8.42 Å². The molecule has 6 atom stereocenters. The van der Waals surface area contributed by atoms with Gasteiger partial charge in [-0.2, -0.15) is 4.72 Å². The van der Waals surface area contributed by atoms with E-state index in [4.69, 9.17) is 126 Å². The van der Waals surface area contributed by atoms with E-state index in [1.807, 2.05) is 0 Å². The molecule has 0 saturated carbocycles. The lowest BCUT2D eigenvalue weighted by Gasteiger charge is -2.49. The van der Waals surface area contributed by atoms with E-state index >= 15 is 0 Å². The van der Waals surface area contributed by atoms with Gasteiger partial charge >= 0.3 is 13.1 Å². The van der Waals surface area contributed by atoms with Gasteiger partial charge in [0.2, 0.25) is 15.9 Å². The van der Waals surface area contributed by atoms with Gasteiger partial charge in [-0.05, 0) is 68.0 Å². The van der Waals surface area contributed by atoms with Crippen molar-refractivity contribution in [3.8, 4) is 0 Å². The Bertz CT molecular complexity index is 2150. The zero-order valence-corrected chi connectivity index (χ0v) is 44.6. The largest absolute Gasteiger partial charge is 0.488 e. The number of aliphatic carboxylic acids is 1. The van der Waals surface area contributed by atoms with Gasteiger partial charge in [-0.15, -0.1) is 0 Å². The van der Waals surface area contributed by atoms with Crippen LogP contribution in [0.1, 0.15) is 35.2 Å². The summed E-state index contributed by atoms with van der Waals surface area (Å²) in [7, 11) is 87.7. The van der Waals surface area contributed by atoms with Crippen LogP contribution in [0.15, 0.2) is 53.4 Å². The molecule has 0 spiro atoms. The van der Waals surface area contributed by atoms with E-state index in [0.29, 0.717) is 31.4 Å². The average molecular weight is 1030 g/mol. The van der Waals surface area contributed by atoms with Crippen LogP contribution >= 0.6 is 0 Å². The monoisotopic (exact) mass is 1030 g/mol. The van der Waals surface area contributed by atoms with Gasteiger partial charge in [-0.1, -0.05) is 24.3 Å². The van der Waals surface area contributed by atoms with Crippen molar-refractivity contribution in [2.45, 2.75) is 67.1 Å². The van der Waals surface area contributed by atoms with E-state index < -0.39 is 168 Å². The number of nitrogens with zero attached hydrogens (tertiary/aromatic N) is 1. The molecule has 2 aromatic rings. The maximum atomic E-state index is 13.6. The van der Waals surface area contributed by atoms with Crippen molar-refractivity contribution in [2.75, 3.05) is 33.8 Å². The molecule has 31 radical (unpaired) electrons. The normalized spacial score (nSPS) is 13.1. The van der Waals surface area contributed by atoms with E-state index in [9.17, 15) is 53.3 Å². The molecule has 0 saturated heterocycles. The third-order valence-corrected chi connectivity index (χ3v) is 14.8. The number of carbonyl (C=O) groups is 3. The number of carboxylic acid groups (broad SMARTS) is 1. The number of likely N-dealkylation sites (N-methyl/N-ethyl adjacent to an activating group) is 2. The number of aliphatic hydroxyl groups is 5. The highest BCUT2D eigenvalue weighted by atomic mass is 32.2. The summed E-state index contributed by atoms with van der Waals surface area (Å²) in [6.45, 7) is -1.22. The van der Waals surface area contributed by atoms with Crippen LogP contribution in [0.2, 0.25) is 0 Å². The molecular formula is C30H45B30N4O13S. The molecule has 2 aromatic carbocycles. The SMILES string of the molecule is CN[C@@H](CCCCNC(=O)c1ccc(C[C@H](NS(=O)(=O)c2ccc(B(O)O)cc2)C(=O)N(C)C[C@@H](O)[C@H](O)[C@@H](O)[C@@H](O)CO)cc1)C(=O)O.[B][B]B(B([B])[B])B(B(B([B])[B])B([B])[B])B(B(B([B])[B])B([B])[B])B(B([B])[B])B([B])[B]. The van der Waals surface area contributed by atoms with Crippen molar-refractivity contribution in [2.24, 2.45) is 0 Å². The average Bonchev–Trinajstić information content (AvgIpc) is 3.35. The number of amides is 2. The second-order valence-electron chi connectivity index (χ2n) is 19.2.